The molecule has 1 spiro atoms. The summed E-state index contributed by atoms with van der Waals surface area (Å²) in [6, 6.07) is 4.61. The summed E-state index contributed by atoms with van der Waals surface area (Å²) < 4.78 is 66.7. The molecule has 1 aromatic carbocycles. The van der Waals surface area contributed by atoms with Gasteiger partial charge in [-0.15, -0.1) is 0 Å². The lowest BCUT2D eigenvalue weighted by Gasteiger charge is -2.38. The molecule has 7 nitrogen and oxygen atoms in total. The van der Waals surface area contributed by atoms with Crippen LogP contribution < -0.4 is 10.2 Å². The second kappa shape index (κ2) is 8.47. The molecule has 3 fully saturated rings. The fourth-order valence-corrected chi connectivity index (χ4v) is 6.02. The van der Waals surface area contributed by atoms with E-state index in [1.165, 1.54) is 10.4 Å². The van der Waals surface area contributed by atoms with Gasteiger partial charge in [-0.05, 0) is 62.6 Å². The van der Waals surface area contributed by atoms with Gasteiger partial charge in [0.25, 0.3) is 0 Å². The Hall–Kier alpha value is -2.32. The molecule has 11 heteroatoms. The van der Waals surface area contributed by atoms with E-state index in [1.54, 1.807) is 17.9 Å². The Kier molecular flexibility index (Phi) is 6.12. The molecule has 1 aliphatic carbocycles. The molecule has 33 heavy (non-hydrogen) atoms. The first-order chi connectivity index (χ1) is 15.5. The Morgan fingerprint density at radius 1 is 1.27 bits per heavy atom. The van der Waals surface area contributed by atoms with E-state index in [9.17, 15) is 26.4 Å². The largest absolute Gasteiger partial charge is 0.417 e. The molecule has 0 aromatic heterocycles. The summed E-state index contributed by atoms with van der Waals surface area (Å²) in [5.41, 5.74) is -1.60. The molecule has 0 bridgehead atoms. The summed E-state index contributed by atoms with van der Waals surface area (Å²) in [7, 11) is -3.32. The second-order valence-electron chi connectivity index (χ2n) is 9.27. The van der Waals surface area contributed by atoms with Gasteiger partial charge < -0.3 is 10.2 Å². The normalized spacial score (nSPS) is 23.5. The second-order valence-corrected chi connectivity index (χ2v) is 11.5. The number of carbonyl (C=O) groups is 1. The van der Waals surface area contributed by atoms with E-state index in [0.717, 1.165) is 25.0 Å². The smallest absolute Gasteiger partial charge is 0.359 e. The van der Waals surface area contributed by atoms with Crippen LogP contribution in [0.4, 0.5) is 18.9 Å². The lowest BCUT2D eigenvalue weighted by Crippen LogP contribution is -2.44. The average Bonchev–Trinajstić information content (AvgIpc) is 3.52. The van der Waals surface area contributed by atoms with Gasteiger partial charge in [0.15, 0.2) is 0 Å². The number of anilines is 1. The number of hydrogen-bond acceptors (Lipinski definition) is 5. The standard InChI is InChI=1S/C22H27F3N4O3S/c1-2-33(31,32)28-9-7-21(8-10-28)12-19(20(30)27-16-4-5-16)29(14-21)17-6-3-15(13-26)18(11-17)22(23,24)25/h3,6,11,16,19H,2,4-5,7-10,12,14H2,1H3,(H,27,30). The molecule has 4 rings (SSSR count). The average molecular weight is 485 g/mol. The van der Waals surface area contributed by atoms with Gasteiger partial charge in [-0.3, -0.25) is 4.79 Å². The zero-order valence-electron chi connectivity index (χ0n) is 18.4. The van der Waals surface area contributed by atoms with Crippen LogP contribution in [0.1, 0.15) is 50.2 Å². The molecule has 3 aliphatic rings. The van der Waals surface area contributed by atoms with Crippen molar-refractivity contribution in [3.05, 3.63) is 29.3 Å². The highest BCUT2D eigenvalue weighted by Gasteiger charge is 2.50. The molecule has 1 aromatic rings. The minimum absolute atomic E-state index is 0.0179. The summed E-state index contributed by atoms with van der Waals surface area (Å²) in [6.07, 6.45) is -1.38. The van der Waals surface area contributed by atoms with Crippen molar-refractivity contribution in [2.24, 2.45) is 5.41 Å². The van der Waals surface area contributed by atoms with Crippen LogP contribution >= 0.6 is 0 Å². The van der Waals surface area contributed by atoms with Gasteiger partial charge in [0.05, 0.1) is 22.9 Å². The molecule has 2 aliphatic heterocycles. The quantitative estimate of drug-likeness (QED) is 0.694. The van der Waals surface area contributed by atoms with Crippen molar-refractivity contribution in [1.29, 1.82) is 5.26 Å². The van der Waals surface area contributed by atoms with Crippen LogP contribution in [-0.4, -0.2) is 56.1 Å². The number of sulfonamides is 1. The fraction of sp³-hybridized carbons (Fsp3) is 0.636. The van der Waals surface area contributed by atoms with Crippen LogP contribution in [0.2, 0.25) is 0 Å². The molecule has 2 heterocycles. The van der Waals surface area contributed by atoms with Gasteiger partial charge in [-0.25, -0.2) is 12.7 Å². The van der Waals surface area contributed by atoms with Crippen LogP contribution in [0, 0.1) is 16.7 Å². The maximum absolute atomic E-state index is 13.6. The highest BCUT2D eigenvalue weighted by atomic mass is 32.2. The number of halogens is 3. The van der Waals surface area contributed by atoms with Crippen molar-refractivity contribution in [2.45, 2.75) is 57.3 Å². The Bertz CT molecular complexity index is 1070. The predicted molar refractivity (Wildman–Crippen MR) is 116 cm³/mol. The number of carbonyl (C=O) groups excluding carboxylic acids is 1. The zero-order chi connectivity index (χ0) is 24.0. The van der Waals surface area contributed by atoms with Crippen LogP contribution in [-0.2, 0) is 21.0 Å². The van der Waals surface area contributed by atoms with Crippen LogP contribution in [0.3, 0.4) is 0 Å². The van der Waals surface area contributed by atoms with Crippen molar-refractivity contribution in [3.63, 3.8) is 0 Å². The first-order valence-electron chi connectivity index (χ1n) is 11.1. The van der Waals surface area contributed by atoms with E-state index in [1.807, 2.05) is 0 Å². The fourth-order valence-electron chi connectivity index (χ4n) is 4.91. The third-order valence-corrected chi connectivity index (χ3v) is 8.92. The number of nitriles is 1. The molecule has 180 valence electrons. The minimum atomic E-state index is -4.69. The lowest BCUT2D eigenvalue weighted by atomic mass is 9.77. The number of rotatable bonds is 5. The highest BCUT2D eigenvalue weighted by molar-refractivity contribution is 7.89. The van der Waals surface area contributed by atoms with Gasteiger partial charge in [0.1, 0.15) is 6.04 Å². The number of amides is 1. The zero-order valence-corrected chi connectivity index (χ0v) is 19.2. The Morgan fingerprint density at radius 3 is 2.48 bits per heavy atom. The molecule has 1 unspecified atom stereocenters. The van der Waals surface area contributed by atoms with Gasteiger partial charge >= 0.3 is 6.18 Å². The third-order valence-electron chi connectivity index (χ3n) is 7.04. The lowest BCUT2D eigenvalue weighted by molar-refractivity contribution is -0.137. The Morgan fingerprint density at radius 2 is 1.94 bits per heavy atom. The maximum atomic E-state index is 13.6. The molecule has 1 amide bonds. The number of nitrogens with zero attached hydrogens (tertiary/aromatic N) is 3. The topological polar surface area (TPSA) is 93.5 Å². The van der Waals surface area contributed by atoms with Crippen molar-refractivity contribution in [3.8, 4) is 6.07 Å². The van der Waals surface area contributed by atoms with Gasteiger partial charge in [0, 0.05) is 31.4 Å². The van der Waals surface area contributed by atoms with E-state index in [2.05, 4.69) is 5.32 Å². The molecular weight excluding hydrogens is 457 g/mol. The van der Waals surface area contributed by atoms with Crippen LogP contribution in [0.25, 0.3) is 0 Å². The first kappa shape index (κ1) is 23.8. The van der Waals surface area contributed by atoms with Crippen LogP contribution in [0.5, 0.6) is 0 Å². The first-order valence-corrected chi connectivity index (χ1v) is 12.8. The molecule has 2 saturated heterocycles. The molecule has 1 saturated carbocycles. The molecular formula is C22H27F3N4O3S. The van der Waals surface area contributed by atoms with E-state index < -0.39 is 33.4 Å². The summed E-state index contributed by atoms with van der Waals surface area (Å²) in [4.78, 5) is 14.8. The molecule has 1 atom stereocenters. The summed E-state index contributed by atoms with van der Waals surface area (Å²) in [6.45, 7) is 2.63. The van der Waals surface area contributed by atoms with E-state index >= 15 is 0 Å². The van der Waals surface area contributed by atoms with Crippen molar-refractivity contribution in [2.75, 3.05) is 30.3 Å². The Balaban J connectivity index is 1.63. The monoisotopic (exact) mass is 484 g/mol. The van der Waals surface area contributed by atoms with Crippen LogP contribution in [0.15, 0.2) is 18.2 Å². The summed E-state index contributed by atoms with van der Waals surface area (Å²) in [5.74, 6) is -0.194. The Labute approximate surface area is 191 Å². The van der Waals surface area contributed by atoms with Crippen molar-refractivity contribution >= 4 is 21.6 Å². The summed E-state index contributed by atoms with van der Waals surface area (Å²) >= 11 is 0. The van der Waals surface area contributed by atoms with Gasteiger partial charge in [-0.2, -0.15) is 18.4 Å². The summed E-state index contributed by atoms with van der Waals surface area (Å²) in [5, 5.41) is 12.1. The highest BCUT2D eigenvalue weighted by Crippen LogP contribution is 2.46. The SMILES string of the molecule is CCS(=O)(=O)N1CCC2(CC1)CC(C(=O)NC1CC1)N(c1ccc(C#N)c(C(F)(F)F)c1)C2. The molecule has 0 radical (unpaired) electrons. The number of piperidine rings is 1. The van der Waals surface area contributed by atoms with Gasteiger partial charge in [0.2, 0.25) is 15.9 Å². The van der Waals surface area contributed by atoms with Crippen molar-refractivity contribution in [1.82, 2.24) is 9.62 Å². The third kappa shape index (κ3) is 4.82. The number of nitrogens with one attached hydrogen (secondary N) is 1. The van der Waals surface area contributed by atoms with E-state index in [-0.39, 0.29) is 28.8 Å². The van der Waals surface area contributed by atoms with E-state index in [0.29, 0.717) is 38.9 Å². The number of benzene rings is 1. The molecule has 1 N–H and O–H groups in total. The minimum Gasteiger partial charge on any atom is -0.359 e. The maximum Gasteiger partial charge on any atom is 0.417 e. The van der Waals surface area contributed by atoms with E-state index in [4.69, 9.17) is 5.26 Å². The van der Waals surface area contributed by atoms with Gasteiger partial charge in [-0.1, -0.05) is 0 Å². The predicted octanol–water partition coefficient (Wildman–Crippen LogP) is 2.87. The number of alkyl halides is 3. The van der Waals surface area contributed by atoms with Crippen molar-refractivity contribution < 1.29 is 26.4 Å². The number of hydrogen-bond donors (Lipinski definition) is 1.